The van der Waals surface area contributed by atoms with Crippen molar-refractivity contribution < 1.29 is 14.5 Å². The molecule has 24 heavy (non-hydrogen) atoms. The molecule has 0 saturated carbocycles. The Morgan fingerprint density at radius 3 is 2.29 bits per heavy atom. The first-order chi connectivity index (χ1) is 11.6. The number of nitro groups is 1. The molecular weight excluding hydrogens is 308 g/mol. The van der Waals surface area contributed by atoms with Gasteiger partial charge in [0.05, 0.1) is 13.0 Å². The Labute approximate surface area is 140 Å². The summed E-state index contributed by atoms with van der Waals surface area (Å²) in [6.45, 7) is -0.407. The number of benzene rings is 2. The van der Waals surface area contributed by atoms with Crippen LogP contribution in [0.15, 0.2) is 65.7 Å². The molecule has 124 valence electrons. The monoisotopic (exact) mass is 326 g/mol. The molecule has 0 heterocycles. The number of rotatable bonds is 7. The minimum absolute atomic E-state index is 0.407. The molecule has 0 saturated heterocycles. The molecule has 2 rings (SSSR count). The summed E-state index contributed by atoms with van der Waals surface area (Å²) in [6, 6.07) is 17.1. The van der Waals surface area contributed by atoms with Crippen molar-refractivity contribution >= 4 is 12.2 Å². The number of esters is 1. The van der Waals surface area contributed by atoms with E-state index in [4.69, 9.17) is 4.74 Å². The predicted octanol–water partition coefficient (Wildman–Crippen LogP) is 2.71. The molecule has 6 heteroatoms. The average Bonchev–Trinajstić information content (AvgIpc) is 2.62. The molecule has 2 atom stereocenters. The smallest absolute Gasteiger partial charge is 0.331 e. The molecule has 2 aromatic carbocycles. The second kappa shape index (κ2) is 8.57. The Balaban J connectivity index is 2.36. The van der Waals surface area contributed by atoms with Gasteiger partial charge in [-0.25, -0.2) is 4.79 Å². The molecule has 2 aromatic rings. The number of carbonyl (C=O) groups is 1. The zero-order valence-corrected chi connectivity index (χ0v) is 13.2. The topological polar surface area (TPSA) is 81.8 Å². The van der Waals surface area contributed by atoms with Gasteiger partial charge in [-0.2, -0.15) is 0 Å². The Morgan fingerprint density at radius 2 is 1.75 bits per heavy atom. The van der Waals surface area contributed by atoms with E-state index in [1.165, 1.54) is 13.3 Å². The third kappa shape index (κ3) is 4.74. The van der Waals surface area contributed by atoms with Gasteiger partial charge in [0.25, 0.3) is 0 Å². The highest BCUT2D eigenvalue weighted by Gasteiger charge is 2.33. The van der Waals surface area contributed by atoms with E-state index < -0.39 is 29.4 Å². The van der Waals surface area contributed by atoms with E-state index in [1.807, 2.05) is 36.4 Å². The Kier molecular flexibility index (Phi) is 6.19. The summed E-state index contributed by atoms with van der Waals surface area (Å²) >= 11 is 0. The molecule has 0 bridgehead atoms. The van der Waals surface area contributed by atoms with Gasteiger partial charge < -0.3 is 4.74 Å². The van der Waals surface area contributed by atoms with Gasteiger partial charge in [0, 0.05) is 11.1 Å². The molecule has 0 N–H and O–H groups in total. The highest BCUT2D eigenvalue weighted by atomic mass is 16.6. The van der Waals surface area contributed by atoms with Gasteiger partial charge in [-0.3, -0.25) is 15.1 Å². The molecule has 0 radical (unpaired) electrons. The summed E-state index contributed by atoms with van der Waals surface area (Å²) < 4.78 is 4.81. The first-order valence-electron chi connectivity index (χ1n) is 7.44. The summed E-state index contributed by atoms with van der Waals surface area (Å²) in [5.41, 5.74) is 1.48. The summed E-state index contributed by atoms with van der Waals surface area (Å²) in [7, 11) is 1.25. The van der Waals surface area contributed by atoms with Crippen molar-refractivity contribution in [1.29, 1.82) is 0 Å². The van der Waals surface area contributed by atoms with Crippen molar-refractivity contribution in [2.45, 2.75) is 12.0 Å². The lowest BCUT2D eigenvalue weighted by Crippen LogP contribution is -2.32. The van der Waals surface area contributed by atoms with Crippen LogP contribution < -0.4 is 0 Å². The fourth-order valence-corrected chi connectivity index (χ4v) is 2.40. The Hall–Kier alpha value is -3.02. The number of hydrogen-bond donors (Lipinski definition) is 0. The van der Waals surface area contributed by atoms with E-state index in [2.05, 4.69) is 4.99 Å². The molecule has 0 spiro atoms. The van der Waals surface area contributed by atoms with Crippen molar-refractivity contribution in [3.63, 3.8) is 0 Å². The minimum Gasteiger partial charge on any atom is -0.467 e. The lowest BCUT2D eigenvalue weighted by Gasteiger charge is -2.19. The number of ether oxygens (including phenoxy) is 1. The quantitative estimate of drug-likeness (QED) is 0.339. The van der Waals surface area contributed by atoms with E-state index in [0.29, 0.717) is 5.56 Å². The van der Waals surface area contributed by atoms with Gasteiger partial charge in [0.15, 0.2) is 6.04 Å². The molecular formula is C18H18N2O4. The summed E-state index contributed by atoms with van der Waals surface area (Å²) in [4.78, 5) is 27.1. The van der Waals surface area contributed by atoms with Crippen molar-refractivity contribution in [2.75, 3.05) is 13.7 Å². The van der Waals surface area contributed by atoms with Crippen molar-refractivity contribution in [3.05, 3.63) is 81.9 Å². The van der Waals surface area contributed by atoms with Gasteiger partial charge in [0.1, 0.15) is 0 Å². The van der Waals surface area contributed by atoms with Crippen LogP contribution in [-0.2, 0) is 9.53 Å². The molecule has 6 nitrogen and oxygen atoms in total. The summed E-state index contributed by atoms with van der Waals surface area (Å²) in [6.07, 6.45) is 1.54. The zero-order chi connectivity index (χ0) is 17.4. The maximum Gasteiger partial charge on any atom is 0.331 e. The van der Waals surface area contributed by atoms with E-state index in [-0.39, 0.29) is 0 Å². The normalized spacial score (nSPS) is 13.4. The first-order valence-corrected chi connectivity index (χ1v) is 7.44. The Bertz CT molecular complexity index is 701. The molecule has 0 aliphatic heterocycles. The number of carbonyl (C=O) groups excluding carboxylic acids is 1. The third-order valence-corrected chi connectivity index (χ3v) is 3.58. The van der Waals surface area contributed by atoms with Crippen LogP contribution in [0.2, 0.25) is 0 Å². The molecule has 0 aliphatic rings. The van der Waals surface area contributed by atoms with E-state index in [9.17, 15) is 14.9 Å². The highest BCUT2D eigenvalue weighted by molar-refractivity contribution is 5.84. The number of methoxy groups -OCH3 is 1. The van der Waals surface area contributed by atoms with Gasteiger partial charge in [-0.1, -0.05) is 60.7 Å². The predicted molar refractivity (Wildman–Crippen MR) is 90.9 cm³/mol. The molecule has 0 unspecified atom stereocenters. The van der Waals surface area contributed by atoms with Crippen LogP contribution in [0.1, 0.15) is 17.0 Å². The van der Waals surface area contributed by atoms with E-state index >= 15 is 0 Å². The first kappa shape index (κ1) is 17.3. The maximum absolute atomic E-state index is 12.2. The largest absolute Gasteiger partial charge is 0.467 e. The second-order valence-corrected chi connectivity index (χ2v) is 5.19. The number of aliphatic imine (C=N–C) groups is 1. The third-order valence-electron chi connectivity index (χ3n) is 3.58. The Morgan fingerprint density at radius 1 is 1.17 bits per heavy atom. The molecule has 0 fully saturated rings. The van der Waals surface area contributed by atoms with Gasteiger partial charge >= 0.3 is 5.97 Å². The summed E-state index contributed by atoms with van der Waals surface area (Å²) in [5.74, 6) is -1.30. The standard InChI is InChI=1S/C18H18N2O4/c1-24-18(21)17(19-12-14-8-4-2-5-9-14)16(13-20(22)23)15-10-6-3-7-11-15/h2-12,16-17H,13H2,1H3/t16-,17-/m1/s1. The van der Waals surface area contributed by atoms with Crippen LogP contribution in [-0.4, -0.2) is 36.8 Å². The molecule has 0 amide bonds. The molecule has 0 aromatic heterocycles. The SMILES string of the molecule is COC(=O)[C@H](N=Cc1ccccc1)[C@H](C[N+](=O)[O-])c1ccccc1. The average molecular weight is 326 g/mol. The van der Waals surface area contributed by atoms with E-state index in [1.54, 1.807) is 24.3 Å². The lowest BCUT2D eigenvalue weighted by atomic mass is 9.91. The van der Waals surface area contributed by atoms with Crippen LogP contribution in [0, 0.1) is 10.1 Å². The maximum atomic E-state index is 12.2. The van der Waals surface area contributed by atoms with Crippen molar-refractivity contribution in [1.82, 2.24) is 0 Å². The second-order valence-electron chi connectivity index (χ2n) is 5.19. The van der Waals surface area contributed by atoms with Crippen molar-refractivity contribution in [3.8, 4) is 0 Å². The van der Waals surface area contributed by atoms with Gasteiger partial charge in [-0.15, -0.1) is 0 Å². The van der Waals surface area contributed by atoms with Gasteiger partial charge in [0.2, 0.25) is 6.54 Å². The summed E-state index contributed by atoms with van der Waals surface area (Å²) in [5, 5.41) is 11.1. The van der Waals surface area contributed by atoms with Crippen LogP contribution in [0.3, 0.4) is 0 Å². The zero-order valence-electron chi connectivity index (χ0n) is 13.2. The van der Waals surface area contributed by atoms with E-state index in [0.717, 1.165) is 5.56 Å². The van der Waals surface area contributed by atoms with Crippen LogP contribution in [0.5, 0.6) is 0 Å². The minimum atomic E-state index is -0.983. The van der Waals surface area contributed by atoms with Crippen LogP contribution in [0.4, 0.5) is 0 Å². The fourth-order valence-electron chi connectivity index (χ4n) is 2.40. The number of nitrogens with zero attached hydrogens (tertiary/aromatic N) is 2. The lowest BCUT2D eigenvalue weighted by molar-refractivity contribution is -0.483. The number of hydrogen-bond acceptors (Lipinski definition) is 5. The van der Waals surface area contributed by atoms with Crippen molar-refractivity contribution in [2.24, 2.45) is 4.99 Å². The molecule has 0 aliphatic carbocycles. The van der Waals surface area contributed by atoms with Crippen LogP contribution in [0.25, 0.3) is 0 Å². The highest BCUT2D eigenvalue weighted by Crippen LogP contribution is 2.23. The fraction of sp³-hybridized carbons (Fsp3) is 0.222. The van der Waals surface area contributed by atoms with Crippen LogP contribution >= 0.6 is 0 Å². The van der Waals surface area contributed by atoms with Gasteiger partial charge in [-0.05, 0) is 11.1 Å².